The number of carbonyl (C=O) groups is 6. The van der Waals surface area contributed by atoms with Crippen LogP contribution in [-0.2, 0) is 52.8 Å². The molecule has 6 N–H and O–H groups in total. The number of aliphatic hydroxyl groups excluding tert-OH is 3. The first-order valence-corrected chi connectivity index (χ1v) is 24.9. The van der Waals surface area contributed by atoms with Crippen LogP contribution < -0.4 is 5.32 Å². The highest BCUT2D eigenvalue weighted by Gasteiger charge is 2.30. The summed E-state index contributed by atoms with van der Waals surface area (Å²) in [5.74, 6) is 0.148. The molecule has 0 atom stereocenters. The summed E-state index contributed by atoms with van der Waals surface area (Å²) in [6, 6.07) is 5.04. The van der Waals surface area contributed by atoms with Gasteiger partial charge < -0.3 is 50.3 Å². The van der Waals surface area contributed by atoms with Crippen molar-refractivity contribution < 1.29 is 59.0 Å². The zero-order valence-corrected chi connectivity index (χ0v) is 44.6. The molecule has 6 aromatic rings. The lowest BCUT2D eigenvalue weighted by Gasteiger charge is -2.28. The van der Waals surface area contributed by atoms with Crippen molar-refractivity contribution in [3.8, 4) is 34.9 Å². The van der Waals surface area contributed by atoms with Crippen LogP contribution in [0.4, 0.5) is 0 Å². The number of nitrogens with zero attached hydrogens (tertiary/aromatic N) is 21. The monoisotopic (exact) mass is 1130 g/mol. The fourth-order valence-electron chi connectivity index (χ4n) is 6.15. The maximum Gasteiger partial charge on any atom is 0.305 e. The molecule has 0 aliphatic heterocycles. The van der Waals surface area contributed by atoms with Crippen LogP contribution in [0.5, 0.6) is 0 Å². The van der Waals surface area contributed by atoms with Crippen molar-refractivity contribution in [2.45, 2.75) is 76.2 Å². The van der Waals surface area contributed by atoms with Crippen molar-refractivity contribution >= 4 is 35.6 Å². The Morgan fingerprint density at radius 1 is 0.432 bits per heavy atom. The average molecular weight is 1130 g/mol. The number of nitrogens with one attached hydrogen (secondary N) is 1. The van der Waals surface area contributed by atoms with E-state index in [4.69, 9.17) is 14.9 Å². The van der Waals surface area contributed by atoms with Crippen molar-refractivity contribution in [2.24, 2.45) is 0 Å². The number of aromatic nitrogens is 18. The van der Waals surface area contributed by atoms with Crippen LogP contribution in [0.2, 0.25) is 0 Å². The number of amides is 4. The molecular weight excluding hydrogens is 1060 g/mol. The maximum atomic E-state index is 12.2. The molecule has 4 amide bonds. The van der Waals surface area contributed by atoms with Crippen LogP contribution >= 0.6 is 0 Å². The Kier molecular flexibility index (Phi) is 28.0. The minimum atomic E-state index is -1.47. The molecule has 81 heavy (non-hydrogen) atoms. The molecule has 0 saturated heterocycles. The quantitative estimate of drug-likeness (QED) is 0.0250. The second-order valence-electron chi connectivity index (χ2n) is 17.2. The highest BCUT2D eigenvalue weighted by Crippen LogP contribution is 2.09. The minimum Gasteiger partial charge on any atom is -0.481 e. The first-order chi connectivity index (χ1) is 39.0. The normalized spacial score (nSPS) is 10.7. The van der Waals surface area contributed by atoms with Gasteiger partial charge >= 0.3 is 11.9 Å². The number of carboxylic acid groups (broad SMARTS) is 2. The first kappa shape index (κ1) is 64.2. The van der Waals surface area contributed by atoms with E-state index in [1.165, 1.54) is 14.7 Å². The number of rotatable bonds is 30. The fourth-order valence-corrected chi connectivity index (χ4v) is 6.15. The maximum absolute atomic E-state index is 12.2. The third-order valence-electron chi connectivity index (χ3n) is 11.0. The number of aliphatic carboxylic acids is 2. The van der Waals surface area contributed by atoms with Crippen molar-refractivity contribution in [3.05, 3.63) is 72.9 Å². The largest absolute Gasteiger partial charge is 0.481 e. The fraction of sp³-hybridized carbons (Fsp3) is 0.489. The van der Waals surface area contributed by atoms with Crippen LogP contribution in [0.1, 0.15) is 68.8 Å². The van der Waals surface area contributed by atoms with E-state index in [1.54, 1.807) is 76.5 Å². The third kappa shape index (κ3) is 24.1. The summed E-state index contributed by atoms with van der Waals surface area (Å²) in [5, 5.41) is 94.5. The lowest BCUT2D eigenvalue weighted by atomic mass is 10.0. The molecule has 0 bridgehead atoms. The van der Waals surface area contributed by atoms with Crippen molar-refractivity contribution in [2.75, 3.05) is 73.8 Å². The summed E-state index contributed by atoms with van der Waals surface area (Å²) in [6.45, 7) is -0.375. The van der Waals surface area contributed by atoms with Crippen LogP contribution in [0.15, 0.2) is 55.4 Å². The second-order valence-corrected chi connectivity index (χ2v) is 17.2. The van der Waals surface area contributed by atoms with E-state index < -0.39 is 43.2 Å². The molecule has 34 nitrogen and oxygen atoms in total. The second kappa shape index (κ2) is 35.3. The molecule has 0 fully saturated rings. The summed E-state index contributed by atoms with van der Waals surface area (Å²) in [6.07, 6.45) is 11.6. The smallest absolute Gasteiger partial charge is 0.305 e. The number of carbonyl (C=O) groups excluding carboxylic acids is 4. The zero-order valence-electron chi connectivity index (χ0n) is 44.6. The third-order valence-corrected chi connectivity index (χ3v) is 11.0. The van der Waals surface area contributed by atoms with Gasteiger partial charge in [-0.1, -0.05) is 0 Å². The van der Waals surface area contributed by atoms with Gasteiger partial charge in [-0.2, -0.15) is 0 Å². The van der Waals surface area contributed by atoms with E-state index in [2.05, 4.69) is 96.4 Å². The minimum absolute atomic E-state index is 0.0143. The van der Waals surface area contributed by atoms with Crippen LogP contribution in [0.25, 0.3) is 34.9 Å². The molecular formula is C47H62N22O12. The molecule has 34 heteroatoms. The van der Waals surface area contributed by atoms with Crippen LogP contribution in [-0.4, -0.2) is 246 Å². The molecule has 0 aromatic carbocycles. The van der Waals surface area contributed by atoms with Crippen LogP contribution in [0.3, 0.4) is 0 Å². The molecule has 6 heterocycles. The van der Waals surface area contributed by atoms with Crippen molar-refractivity contribution in [1.82, 2.24) is 111 Å². The summed E-state index contributed by atoms with van der Waals surface area (Å²) in [5.41, 5.74) is -1.47. The summed E-state index contributed by atoms with van der Waals surface area (Å²) in [7, 11) is 4.94. The van der Waals surface area contributed by atoms with Gasteiger partial charge in [0.05, 0.1) is 45.9 Å². The van der Waals surface area contributed by atoms with Gasteiger partial charge in [0.15, 0.2) is 17.5 Å². The molecule has 6 rings (SSSR count). The predicted octanol–water partition coefficient (Wildman–Crippen LogP) is -2.69. The van der Waals surface area contributed by atoms with Crippen molar-refractivity contribution in [1.29, 1.82) is 0 Å². The van der Waals surface area contributed by atoms with Gasteiger partial charge in [0.1, 0.15) is 5.54 Å². The van der Waals surface area contributed by atoms with E-state index in [9.17, 15) is 44.1 Å². The SMILES string of the molecule is CN(CCc1nnc(-c2ncccn2)nn1)C(=O)CCCC(=O)NC(CO)(CO)CO.CN(CCc1nnc(-c2ncccn2)nn1)C(=O)CCCC(=O)O.CN(CCc1nnc(-c2ncccn2)nn1)C(=O)CCOCCC(=O)O. The van der Waals surface area contributed by atoms with Crippen molar-refractivity contribution in [3.63, 3.8) is 0 Å². The molecule has 6 aromatic heterocycles. The molecule has 0 radical (unpaired) electrons. The standard InChI is InChI=1S/C18H26N8O5.C15H19N7O4.C14H17N7O3/c1-26(15(31)5-2-4-14(30)21-18(10-27,11-28)12-29)9-6-13-22-24-17(25-23-13)16-19-7-3-8-20-16;1-22(12(23)4-9-26-10-5-13(24)25)8-3-11-18-20-15(21-19-11)14-16-6-2-7-17-14;1-21(11(22)4-2-5-12(23)24)9-6-10-17-19-14(20-18-10)13-15-7-3-8-16-13/h3,7-8,27-29H,2,4-6,9-12H2,1H3,(H,21,30);2,6-7H,3-5,8-10H2,1H3,(H,24,25);3,7-8H,2,4-6,9H2,1H3,(H,23,24). The molecule has 0 aliphatic carbocycles. The van der Waals surface area contributed by atoms with Crippen LogP contribution in [0, 0.1) is 0 Å². The Balaban J connectivity index is 0.000000264. The lowest BCUT2D eigenvalue weighted by Crippen LogP contribution is -2.57. The number of hydrogen-bond acceptors (Lipinski definition) is 28. The Hall–Kier alpha value is -9.28. The summed E-state index contributed by atoms with van der Waals surface area (Å²) >= 11 is 0. The number of ether oxygens (including phenoxy) is 1. The molecule has 0 aliphatic rings. The average Bonchev–Trinajstić information content (AvgIpc) is 3.50. The van der Waals surface area contributed by atoms with E-state index in [-0.39, 0.29) is 93.4 Å². The number of aliphatic hydroxyl groups is 3. The first-order valence-electron chi connectivity index (χ1n) is 24.9. The number of carboxylic acids is 2. The molecule has 0 spiro atoms. The highest BCUT2D eigenvalue weighted by molar-refractivity contribution is 5.79. The topological polar surface area (TPSA) is 467 Å². The Labute approximate surface area is 462 Å². The zero-order chi connectivity index (χ0) is 58.8. The van der Waals surface area contributed by atoms with Gasteiger partial charge in [0.2, 0.25) is 58.6 Å². The molecule has 0 saturated carbocycles. The van der Waals surface area contributed by atoms with Gasteiger partial charge in [-0.05, 0) is 31.0 Å². The number of likely N-dealkylation sites (N-methyl/N-ethyl adjacent to an activating group) is 3. The van der Waals surface area contributed by atoms with E-state index >= 15 is 0 Å². The summed E-state index contributed by atoms with van der Waals surface area (Å²) in [4.78, 5) is 97.3. The van der Waals surface area contributed by atoms with E-state index in [1.807, 2.05) is 0 Å². The highest BCUT2D eigenvalue weighted by atomic mass is 16.5. The van der Waals surface area contributed by atoms with E-state index in [0.29, 0.717) is 80.3 Å². The molecule has 0 unspecified atom stereocenters. The van der Waals surface area contributed by atoms with Gasteiger partial charge in [0, 0.05) is 123 Å². The van der Waals surface area contributed by atoms with Gasteiger partial charge in [-0.15, -0.1) is 61.2 Å². The number of hydrogen-bond donors (Lipinski definition) is 6. The Morgan fingerprint density at radius 3 is 1.06 bits per heavy atom. The van der Waals surface area contributed by atoms with Gasteiger partial charge in [0.25, 0.3) is 0 Å². The van der Waals surface area contributed by atoms with Gasteiger partial charge in [-0.25, -0.2) is 29.9 Å². The Bertz CT molecular complexity index is 2830. The van der Waals surface area contributed by atoms with E-state index in [0.717, 1.165) is 0 Å². The molecule has 432 valence electrons. The Morgan fingerprint density at radius 2 is 0.741 bits per heavy atom. The lowest BCUT2D eigenvalue weighted by molar-refractivity contribution is -0.139. The van der Waals surface area contributed by atoms with Gasteiger partial charge in [-0.3, -0.25) is 28.8 Å². The summed E-state index contributed by atoms with van der Waals surface area (Å²) < 4.78 is 5.10. The predicted molar refractivity (Wildman–Crippen MR) is 275 cm³/mol.